The molecular formula is C29H38N6O6. The summed E-state index contributed by atoms with van der Waals surface area (Å²) in [6.45, 7) is -0.214. The van der Waals surface area contributed by atoms with Crippen molar-refractivity contribution in [2.45, 2.75) is 56.3 Å². The average molecular weight is 567 g/mol. The van der Waals surface area contributed by atoms with E-state index in [1.807, 2.05) is 24.3 Å². The zero-order valence-electron chi connectivity index (χ0n) is 22.7. The van der Waals surface area contributed by atoms with Crippen LogP contribution < -0.4 is 27.4 Å². The highest BCUT2D eigenvalue weighted by molar-refractivity contribution is 5.95. The van der Waals surface area contributed by atoms with Crippen LogP contribution in [0, 0.1) is 0 Å². The molecule has 0 radical (unpaired) electrons. The third-order valence-corrected chi connectivity index (χ3v) is 6.74. The van der Waals surface area contributed by atoms with Gasteiger partial charge in [0, 0.05) is 29.9 Å². The summed E-state index contributed by atoms with van der Waals surface area (Å²) < 4.78 is 0. The molecule has 0 aliphatic rings. The van der Waals surface area contributed by atoms with Gasteiger partial charge < -0.3 is 42.6 Å². The SMILES string of the molecule is NCCCCC(NC(=O)C(N)CO)C(=O)NC(Cc1c[nH]c2ccccc12)C(=O)NC(Cc1ccccc1)C(=O)O. The van der Waals surface area contributed by atoms with Crippen molar-refractivity contribution in [2.75, 3.05) is 13.2 Å². The van der Waals surface area contributed by atoms with Gasteiger partial charge in [-0.1, -0.05) is 48.5 Å². The fraction of sp³-hybridized carbons (Fsp3) is 0.379. The van der Waals surface area contributed by atoms with Gasteiger partial charge in [0.25, 0.3) is 0 Å². The number of rotatable bonds is 16. The number of para-hydroxylation sites is 1. The van der Waals surface area contributed by atoms with Crippen molar-refractivity contribution in [1.29, 1.82) is 0 Å². The number of unbranched alkanes of at least 4 members (excludes halogenated alkanes) is 1. The summed E-state index contributed by atoms with van der Waals surface area (Å²) in [7, 11) is 0. The van der Waals surface area contributed by atoms with E-state index >= 15 is 0 Å². The van der Waals surface area contributed by atoms with Crippen LogP contribution in [0.5, 0.6) is 0 Å². The van der Waals surface area contributed by atoms with Crippen LogP contribution in [0.1, 0.15) is 30.4 Å². The molecule has 3 amide bonds. The molecule has 3 rings (SSSR count). The largest absolute Gasteiger partial charge is 0.480 e. The lowest BCUT2D eigenvalue weighted by Gasteiger charge is -2.25. The van der Waals surface area contributed by atoms with Crippen LogP contribution in [0.15, 0.2) is 60.8 Å². The first-order valence-electron chi connectivity index (χ1n) is 13.5. The van der Waals surface area contributed by atoms with Gasteiger partial charge in [-0.05, 0) is 43.0 Å². The minimum absolute atomic E-state index is 0.0481. The van der Waals surface area contributed by atoms with Gasteiger partial charge in [-0.15, -0.1) is 0 Å². The van der Waals surface area contributed by atoms with Crippen molar-refractivity contribution in [3.05, 3.63) is 71.9 Å². The van der Waals surface area contributed by atoms with E-state index in [2.05, 4.69) is 20.9 Å². The van der Waals surface area contributed by atoms with E-state index in [1.165, 1.54) is 0 Å². The Bertz CT molecular complexity index is 1310. The van der Waals surface area contributed by atoms with Crippen LogP contribution in [-0.2, 0) is 32.0 Å². The highest BCUT2D eigenvalue weighted by atomic mass is 16.4. The van der Waals surface area contributed by atoms with Crippen molar-refractivity contribution >= 4 is 34.6 Å². The fourth-order valence-corrected chi connectivity index (χ4v) is 4.45. The number of nitrogens with two attached hydrogens (primary N) is 2. The van der Waals surface area contributed by atoms with Crippen molar-refractivity contribution < 1.29 is 29.4 Å². The summed E-state index contributed by atoms with van der Waals surface area (Å²) >= 11 is 0. The molecule has 0 fully saturated rings. The van der Waals surface area contributed by atoms with Gasteiger partial charge in [0.1, 0.15) is 24.2 Å². The topological polar surface area (TPSA) is 213 Å². The van der Waals surface area contributed by atoms with Crippen LogP contribution >= 0.6 is 0 Å². The molecule has 12 nitrogen and oxygen atoms in total. The van der Waals surface area contributed by atoms with Crippen LogP contribution in [-0.4, -0.2) is 76.2 Å². The van der Waals surface area contributed by atoms with Gasteiger partial charge in [0.05, 0.1) is 6.61 Å². The van der Waals surface area contributed by atoms with E-state index in [4.69, 9.17) is 11.5 Å². The smallest absolute Gasteiger partial charge is 0.326 e. The maximum atomic E-state index is 13.5. The molecule has 2 aromatic carbocycles. The lowest BCUT2D eigenvalue weighted by atomic mass is 10.0. The number of aromatic amines is 1. The van der Waals surface area contributed by atoms with E-state index in [0.717, 1.165) is 22.0 Å². The van der Waals surface area contributed by atoms with Gasteiger partial charge >= 0.3 is 5.97 Å². The summed E-state index contributed by atoms with van der Waals surface area (Å²) in [5.41, 5.74) is 13.5. The molecule has 0 bridgehead atoms. The summed E-state index contributed by atoms with van der Waals surface area (Å²) in [4.78, 5) is 54.6. The minimum Gasteiger partial charge on any atom is -0.480 e. The lowest BCUT2D eigenvalue weighted by Crippen LogP contribution is -2.58. The predicted octanol–water partition coefficient (Wildman–Crippen LogP) is -0.0593. The molecule has 41 heavy (non-hydrogen) atoms. The zero-order chi connectivity index (χ0) is 29.8. The molecule has 0 saturated carbocycles. The number of hydrogen-bond donors (Lipinski definition) is 8. The Labute approximate surface area is 237 Å². The number of amides is 3. The van der Waals surface area contributed by atoms with Gasteiger partial charge in [-0.2, -0.15) is 0 Å². The second-order valence-electron chi connectivity index (χ2n) is 9.85. The quantitative estimate of drug-likeness (QED) is 0.110. The fourth-order valence-electron chi connectivity index (χ4n) is 4.45. The Morgan fingerprint density at radius 3 is 2.12 bits per heavy atom. The Hall–Kier alpha value is -4.26. The Morgan fingerprint density at radius 2 is 1.44 bits per heavy atom. The third-order valence-electron chi connectivity index (χ3n) is 6.74. The van der Waals surface area contributed by atoms with Crippen LogP contribution in [0.4, 0.5) is 0 Å². The molecular weight excluding hydrogens is 528 g/mol. The molecule has 0 aliphatic carbocycles. The van der Waals surface area contributed by atoms with Crippen LogP contribution in [0.2, 0.25) is 0 Å². The molecule has 0 saturated heterocycles. The number of carbonyl (C=O) groups excluding carboxylic acids is 3. The molecule has 220 valence electrons. The monoisotopic (exact) mass is 566 g/mol. The number of aromatic nitrogens is 1. The number of carboxylic acids is 1. The molecule has 10 N–H and O–H groups in total. The maximum absolute atomic E-state index is 13.5. The predicted molar refractivity (Wildman–Crippen MR) is 154 cm³/mol. The lowest BCUT2D eigenvalue weighted by molar-refractivity contribution is -0.142. The molecule has 0 aliphatic heterocycles. The molecule has 4 unspecified atom stereocenters. The number of nitrogens with one attached hydrogen (secondary N) is 4. The van der Waals surface area contributed by atoms with Gasteiger partial charge in [0.2, 0.25) is 17.7 Å². The summed E-state index contributed by atoms with van der Waals surface area (Å²) in [5, 5.41) is 27.7. The Kier molecular flexibility index (Phi) is 11.8. The first-order chi connectivity index (χ1) is 19.7. The maximum Gasteiger partial charge on any atom is 0.326 e. The summed E-state index contributed by atoms with van der Waals surface area (Å²) in [6.07, 6.45) is 3.17. The molecule has 4 atom stereocenters. The number of aliphatic carboxylic acids is 1. The molecule has 12 heteroatoms. The van der Waals surface area contributed by atoms with Crippen molar-refractivity contribution in [2.24, 2.45) is 11.5 Å². The van der Waals surface area contributed by atoms with E-state index in [0.29, 0.717) is 19.4 Å². The number of carbonyl (C=O) groups is 4. The number of fused-ring (bicyclic) bond motifs is 1. The number of aliphatic hydroxyl groups excluding tert-OH is 1. The van der Waals surface area contributed by atoms with Crippen molar-refractivity contribution in [3.63, 3.8) is 0 Å². The van der Waals surface area contributed by atoms with Crippen molar-refractivity contribution in [3.8, 4) is 0 Å². The zero-order valence-corrected chi connectivity index (χ0v) is 22.7. The molecule has 1 heterocycles. The van der Waals surface area contributed by atoms with Gasteiger partial charge in [-0.25, -0.2) is 4.79 Å². The number of H-pyrrole nitrogens is 1. The number of aliphatic hydroxyl groups is 1. The Balaban J connectivity index is 1.85. The summed E-state index contributed by atoms with van der Waals surface area (Å²) in [6, 6.07) is 11.7. The first-order valence-corrected chi connectivity index (χ1v) is 13.5. The second kappa shape index (κ2) is 15.5. The molecule has 0 spiro atoms. The normalized spacial score (nSPS) is 14.0. The average Bonchev–Trinajstić information content (AvgIpc) is 3.38. The van der Waals surface area contributed by atoms with Crippen LogP contribution in [0.3, 0.4) is 0 Å². The number of benzene rings is 2. The third kappa shape index (κ3) is 9.13. The summed E-state index contributed by atoms with van der Waals surface area (Å²) in [5.74, 6) is -3.27. The van der Waals surface area contributed by atoms with E-state index in [9.17, 15) is 29.4 Å². The first kappa shape index (κ1) is 31.3. The number of hydrogen-bond acceptors (Lipinski definition) is 7. The van der Waals surface area contributed by atoms with E-state index < -0.39 is 54.5 Å². The van der Waals surface area contributed by atoms with Crippen molar-refractivity contribution in [1.82, 2.24) is 20.9 Å². The Morgan fingerprint density at radius 1 is 0.805 bits per heavy atom. The standard InChI is InChI=1S/C29H38N6O6/c30-13-7-6-12-23(33-26(37)21(31)17-36)27(38)34-24(15-19-16-32-22-11-5-4-10-20(19)22)28(39)35-25(29(40)41)14-18-8-2-1-3-9-18/h1-5,8-11,16,21,23-25,32,36H,6-7,12-15,17,30-31H2,(H,33,37)(H,34,38)(H,35,39)(H,40,41). The minimum atomic E-state index is -1.24. The number of carboxylic acid groups (broad SMARTS) is 1. The molecule has 1 aromatic heterocycles. The highest BCUT2D eigenvalue weighted by Crippen LogP contribution is 2.19. The van der Waals surface area contributed by atoms with Gasteiger partial charge in [0.15, 0.2) is 0 Å². The van der Waals surface area contributed by atoms with E-state index in [1.54, 1.807) is 36.5 Å². The van der Waals surface area contributed by atoms with E-state index in [-0.39, 0.29) is 19.3 Å². The van der Waals surface area contributed by atoms with Crippen LogP contribution in [0.25, 0.3) is 10.9 Å². The molecule has 3 aromatic rings. The van der Waals surface area contributed by atoms with Gasteiger partial charge in [-0.3, -0.25) is 14.4 Å². The second-order valence-corrected chi connectivity index (χ2v) is 9.85. The highest BCUT2D eigenvalue weighted by Gasteiger charge is 2.31.